The van der Waals surface area contributed by atoms with Crippen LogP contribution in [0.25, 0.3) is 0 Å². The van der Waals surface area contributed by atoms with Crippen molar-refractivity contribution in [3.63, 3.8) is 0 Å². The van der Waals surface area contributed by atoms with E-state index in [0.29, 0.717) is 6.42 Å². The van der Waals surface area contributed by atoms with Crippen LogP contribution in [0.15, 0.2) is 5.16 Å². The summed E-state index contributed by atoms with van der Waals surface area (Å²) in [4.78, 5) is 15.1. The van der Waals surface area contributed by atoms with Gasteiger partial charge in [-0.1, -0.05) is 5.16 Å². The maximum atomic E-state index is 10.2. The van der Waals surface area contributed by atoms with Crippen LogP contribution < -0.4 is 0 Å². The number of nitrogens with zero attached hydrogens (tertiary/aromatic N) is 1. The molecule has 1 atom stereocenters. The van der Waals surface area contributed by atoms with Gasteiger partial charge < -0.3 is 9.94 Å². The number of oxime groups is 1. The van der Waals surface area contributed by atoms with E-state index in [4.69, 9.17) is 9.94 Å². The molecule has 70 valence electrons. The second-order valence-corrected chi connectivity index (χ2v) is 2.89. The molecule has 0 aromatic carbocycles. The summed E-state index contributed by atoms with van der Waals surface area (Å²) >= 11 is 0. The van der Waals surface area contributed by atoms with E-state index in [2.05, 4.69) is 5.16 Å². The molecule has 0 radical (unpaired) electrons. The Morgan fingerprint density at radius 1 is 1.58 bits per heavy atom. The largest absolute Gasteiger partial charge is 0.481 e. The Hall–Kier alpha value is -1.06. The predicted molar refractivity (Wildman–Crippen MR) is 46.2 cm³/mol. The molecule has 0 aliphatic heterocycles. The minimum absolute atomic E-state index is 0.124. The van der Waals surface area contributed by atoms with Gasteiger partial charge in [-0.3, -0.25) is 4.79 Å². The molecule has 0 saturated carbocycles. The van der Waals surface area contributed by atoms with Gasteiger partial charge in [-0.05, 0) is 27.2 Å². The molecule has 1 N–H and O–H groups in total. The van der Waals surface area contributed by atoms with Gasteiger partial charge in [-0.15, -0.1) is 0 Å². The number of rotatable bonds is 5. The number of aliphatic carboxylic acids is 1. The molecule has 0 amide bonds. The topological polar surface area (TPSA) is 58.9 Å². The first-order valence-electron chi connectivity index (χ1n) is 3.91. The molecule has 0 aliphatic rings. The van der Waals surface area contributed by atoms with Crippen LogP contribution in [0.4, 0.5) is 0 Å². The number of carboxylic acids is 1. The lowest BCUT2D eigenvalue weighted by Gasteiger charge is -2.07. The van der Waals surface area contributed by atoms with Crippen molar-refractivity contribution in [2.45, 2.75) is 39.7 Å². The van der Waals surface area contributed by atoms with E-state index in [1.807, 2.05) is 13.8 Å². The van der Waals surface area contributed by atoms with Crippen molar-refractivity contribution in [3.05, 3.63) is 0 Å². The van der Waals surface area contributed by atoms with E-state index in [0.717, 1.165) is 5.71 Å². The lowest BCUT2D eigenvalue weighted by Crippen LogP contribution is -2.08. The van der Waals surface area contributed by atoms with Gasteiger partial charge >= 0.3 is 5.97 Å². The fourth-order valence-corrected chi connectivity index (χ4v) is 0.575. The number of hydrogen-bond acceptors (Lipinski definition) is 3. The Balaban J connectivity index is 3.53. The quantitative estimate of drug-likeness (QED) is 0.508. The highest BCUT2D eigenvalue weighted by Gasteiger charge is 2.05. The highest BCUT2D eigenvalue weighted by atomic mass is 16.6. The highest BCUT2D eigenvalue weighted by molar-refractivity contribution is 5.78. The maximum absolute atomic E-state index is 10.2. The van der Waals surface area contributed by atoms with Gasteiger partial charge in [0.25, 0.3) is 0 Å². The Kier molecular flexibility index (Phi) is 5.08. The molecule has 0 fully saturated rings. The van der Waals surface area contributed by atoms with Crippen LogP contribution in [-0.4, -0.2) is 22.9 Å². The van der Waals surface area contributed by atoms with Gasteiger partial charge in [0.05, 0.1) is 5.71 Å². The van der Waals surface area contributed by atoms with Gasteiger partial charge in [0.1, 0.15) is 6.10 Å². The maximum Gasteiger partial charge on any atom is 0.303 e. The smallest absolute Gasteiger partial charge is 0.303 e. The molecule has 0 spiro atoms. The van der Waals surface area contributed by atoms with E-state index in [1.165, 1.54) is 0 Å². The molecule has 12 heavy (non-hydrogen) atoms. The fraction of sp³-hybridized carbons (Fsp3) is 0.750. The Morgan fingerprint density at radius 3 is 2.58 bits per heavy atom. The Morgan fingerprint density at radius 2 is 2.17 bits per heavy atom. The summed E-state index contributed by atoms with van der Waals surface area (Å²) < 4.78 is 0. The van der Waals surface area contributed by atoms with E-state index < -0.39 is 5.97 Å². The summed E-state index contributed by atoms with van der Waals surface area (Å²) in [5, 5.41) is 12.1. The highest BCUT2D eigenvalue weighted by Crippen LogP contribution is 2.01. The predicted octanol–water partition coefficient (Wildman–Crippen LogP) is 1.65. The zero-order valence-corrected chi connectivity index (χ0v) is 7.70. The van der Waals surface area contributed by atoms with Crippen molar-refractivity contribution in [1.29, 1.82) is 0 Å². The Labute approximate surface area is 72.2 Å². The summed E-state index contributed by atoms with van der Waals surface area (Å²) in [6.45, 7) is 5.45. The van der Waals surface area contributed by atoms with Crippen molar-refractivity contribution in [2.24, 2.45) is 5.16 Å². The van der Waals surface area contributed by atoms with Gasteiger partial charge in [0, 0.05) is 6.42 Å². The minimum Gasteiger partial charge on any atom is -0.481 e. The van der Waals surface area contributed by atoms with E-state index in [9.17, 15) is 4.79 Å². The van der Waals surface area contributed by atoms with Crippen LogP contribution in [0.2, 0.25) is 0 Å². The lowest BCUT2D eigenvalue weighted by atomic mass is 10.2. The van der Waals surface area contributed by atoms with Crippen LogP contribution in [0.3, 0.4) is 0 Å². The summed E-state index contributed by atoms with van der Waals surface area (Å²) in [5.41, 5.74) is 0.831. The molecule has 0 aromatic rings. The molecule has 1 unspecified atom stereocenters. The van der Waals surface area contributed by atoms with Gasteiger partial charge in [-0.25, -0.2) is 0 Å². The van der Waals surface area contributed by atoms with Gasteiger partial charge in [0.15, 0.2) is 0 Å². The second-order valence-electron chi connectivity index (χ2n) is 2.89. The average molecular weight is 173 g/mol. The summed E-state index contributed by atoms with van der Waals surface area (Å²) in [6, 6.07) is 0. The van der Waals surface area contributed by atoms with Crippen molar-refractivity contribution in [3.8, 4) is 0 Å². The molecule has 4 nitrogen and oxygen atoms in total. The summed E-state index contributed by atoms with van der Waals surface area (Å²) in [6.07, 6.45) is 0.488. The van der Waals surface area contributed by atoms with Crippen LogP contribution in [0.5, 0.6) is 0 Å². The number of carbonyl (C=O) groups is 1. The zero-order valence-electron chi connectivity index (χ0n) is 7.70. The summed E-state index contributed by atoms with van der Waals surface area (Å²) in [5.74, 6) is -0.803. The van der Waals surface area contributed by atoms with Crippen LogP contribution in [-0.2, 0) is 9.63 Å². The normalized spacial score (nSPS) is 11.9. The van der Waals surface area contributed by atoms with Crippen LogP contribution in [0, 0.1) is 0 Å². The molecular weight excluding hydrogens is 158 g/mol. The molecule has 0 bridgehead atoms. The first-order valence-corrected chi connectivity index (χ1v) is 3.91. The first kappa shape index (κ1) is 10.9. The van der Waals surface area contributed by atoms with E-state index in [1.54, 1.807) is 6.92 Å². The number of hydrogen-bond donors (Lipinski definition) is 1. The second kappa shape index (κ2) is 5.57. The zero-order chi connectivity index (χ0) is 9.56. The van der Waals surface area contributed by atoms with Crippen LogP contribution in [0.1, 0.15) is 33.6 Å². The molecule has 4 heteroatoms. The molecular formula is C8H15NO3. The molecule has 0 saturated heterocycles. The minimum atomic E-state index is -0.803. The van der Waals surface area contributed by atoms with Crippen LogP contribution >= 0.6 is 0 Å². The van der Waals surface area contributed by atoms with E-state index in [-0.39, 0.29) is 12.5 Å². The van der Waals surface area contributed by atoms with Crippen molar-refractivity contribution < 1.29 is 14.7 Å². The third kappa shape index (κ3) is 7.05. The first-order chi connectivity index (χ1) is 5.52. The summed E-state index contributed by atoms with van der Waals surface area (Å²) in [7, 11) is 0. The lowest BCUT2D eigenvalue weighted by molar-refractivity contribution is -0.137. The average Bonchev–Trinajstić information content (AvgIpc) is 1.96. The van der Waals surface area contributed by atoms with Crippen molar-refractivity contribution in [2.75, 3.05) is 0 Å². The van der Waals surface area contributed by atoms with Gasteiger partial charge in [-0.2, -0.15) is 0 Å². The molecule has 0 aliphatic carbocycles. The fourth-order valence-electron chi connectivity index (χ4n) is 0.575. The third-order valence-corrected chi connectivity index (χ3v) is 1.18. The monoisotopic (exact) mass is 173 g/mol. The molecule has 0 aromatic heterocycles. The Bertz CT molecular complexity index is 173. The van der Waals surface area contributed by atoms with Crippen molar-refractivity contribution in [1.82, 2.24) is 0 Å². The molecule has 0 rings (SSSR count). The SMILES string of the molecule is CC(C)=NOC(C)CCC(=O)O. The van der Waals surface area contributed by atoms with E-state index >= 15 is 0 Å². The standard InChI is InChI=1S/C8H15NO3/c1-6(2)9-12-7(3)4-5-8(10)11/h7H,4-5H2,1-3H3,(H,10,11). The van der Waals surface area contributed by atoms with Gasteiger partial charge in [0.2, 0.25) is 0 Å². The molecule has 0 heterocycles. The third-order valence-electron chi connectivity index (χ3n) is 1.18. The van der Waals surface area contributed by atoms with Crippen molar-refractivity contribution >= 4 is 11.7 Å². The number of carboxylic acid groups (broad SMARTS) is 1.